The maximum Gasteiger partial charge on any atom is 0.333 e. The maximum atomic E-state index is 11.3. The molecule has 1 rings (SSSR count). The standard InChI is InChI=1S/C10H11BrO2S/c1-8(10(12)13-5-4-11)7-9-3-2-6-14-9/h2-3,6-7H,4-5H2,1H3/b8-7-. The molecule has 0 fully saturated rings. The Kier molecular flexibility index (Phi) is 4.90. The van der Waals surface area contributed by atoms with Crippen LogP contribution < -0.4 is 0 Å². The van der Waals surface area contributed by atoms with Crippen molar-refractivity contribution in [1.82, 2.24) is 0 Å². The lowest BCUT2D eigenvalue weighted by Crippen LogP contribution is -2.07. The molecule has 2 nitrogen and oxygen atoms in total. The number of esters is 1. The second-order valence-electron chi connectivity index (χ2n) is 2.67. The van der Waals surface area contributed by atoms with Crippen molar-refractivity contribution in [2.45, 2.75) is 6.92 Å². The van der Waals surface area contributed by atoms with Gasteiger partial charge in [-0.2, -0.15) is 0 Å². The van der Waals surface area contributed by atoms with Gasteiger partial charge in [0.25, 0.3) is 0 Å². The van der Waals surface area contributed by atoms with E-state index in [-0.39, 0.29) is 5.97 Å². The molecule has 0 aliphatic rings. The first-order valence-electron chi connectivity index (χ1n) is 4.19. The number of thiophene rings is 1. The van der Waals surface area contributed by atoms with Crippen molar-refractivity contribution in [2.24, 2.45) is 0 Å². The molecule has 0 aromatic carbocycles. The predicted molar refractivity (Wildman–Crippen MR) is 62.7 cm³/mol. The van der Waals surface area contributed by atoms with E-state index in [9.17, 15) is 4.79 Å². The third-order valence-corrected chi connectivity index (χ3v) is 2.68. The monoisotopic (exact) mass is 274 g/mol. The van der Waals surface area contributed by atoms with Crippen LogP contribution in [0, 0.1) is 0 Å². The van der Waals surface area contributed by atoms with Crippen molar-refractivity contribution < 1.29 is 9.53 Å². The van der Waals surface area contributed by atoms with E-state index in [0.717, 1.165) is 4.88 Å². The number of ether oxygens (including phenoxy) is 1. The Labute approximate surface area is 95.7 Å². The quantitative estimate of drug-likeness (QED) is 0.479. The fourth-order valence-corrected chi connectivity index (χ4v) is 1.77. The Balaban J connectivity index is 2.56. The zero-order valence-electron chi connectivity index (χ0n) is 7.83. The average Bonchev–Trinajstić information content (AvgIpc) is 2.66. The van der Waals surface area contributed by atoms with Crippen molar-refractivity contribution in [3.8, 4) is 0 Å². The zero-order chi connectivity index (χ0) is 10.4. The van der Waals surface area contributed by atoms with E-state index in [1.54, 1.807) is 18.3 Å². The summed E-state index contributed by atoms with van der Waals surface area (Å²) in [7, 11) is 0. The third kappa shape index (κ3) is 3.64. The smallest absolute Gasteiger partial charge is 0.333 e. The molecule has 0 saturated heterocycles. The van der Waals surface area contributed by atoms with Crippen LogP contribution in [-0.4, -0.2) is 17.9 Å². The summed E-state index contributed by atoms with van der Waals surface area (Å²) in [5.74, 6) is -0.252. The molecule has 1 aromatic heterocycles. The summed E-state index contributed by atoms with van der Waals surface area (Å²) in [6.07, 6.45) is 1.83. The number of halogens is 1. The summed E-state index contributed by atoms with van der Waals surface area (Å²) in [5, 5.41) is 2.65. The van der Waals surface area contributed by atoms with Crippen LogP contribution in [0.2, 0.25) is 0 Å². The molecule has 0 unspecified atom stereocenters. The molecule has 14 heavy (non-hydrogen) atoms. The normalized spacial score (nSPS) is 11.4. The van der Waals surface area contributed by atoms with Gasteiger partial charge < -0.3 is 4.74 Å². The van der Waals surface area contributed by atoms with E-state index in [1.807, 2.05) is 23.6 Å². The van der Waals surface area contributed by atoms with E-state index in [0.29, 0.717) is 17.5 Å². The van der Waals surface area contributed by atoms with Crippen LogP contribution in [0.5, 0.6) is 0 Å². The summed E-state index contributed by atoms with van der Waals surface area (Å²) in [4.78, 5) is 12.4. The highest BCUT2D eigenvalue weighted by Gasteiger charge is 2.04. The van der Waals surface area contributed by atoms with Gasteiger partial charge in [0.1, 0.15) is 6.61 Å². The molecule has 76 valence electrons. The number of carbonyl (C=O) groups is 1. The number of hydrogen-bond donors (Lipinski definition) is 0. The largest absolute Gasteiger partial charge is 0.461 e. The molecular formula is C10H11BrO2S. The number of alkyl halides is 1. The van der Waals surface area contributed by atoms with Gasteiger partial charge in [-0.25, -0.2) is 4.79 Å². The maximum absolute atomic E-state index is 11.3. The van der Waals surface area contributed by atoms with Crippen molar-refractivity contribution in [3.63, 3.8) is 0 Å². The molecule has 0 radical (unpaired) electrons. The molecule has 0 spiro atoms. The fourth-order valence-electron chi connectivity index (χ4n) is 0.891. The van der Waals surface area contributed by atoms with Gasteiger partial charge in [-0.05, 0) is 24.4 Å². The summed E-state index contributed by atoms with van der Waals surface area (Å²) < 4.78 is 4.95. The summed E-state index contributed by atoms with van der Waals surface area (Å²) >= 11 is 4.79. The van der Waals surface area contributed by atoms with E-state index in [1.165, 1.54) is 0 Å². The predicted octanol–water partition coefficient (Wildman–Crippen LogP) is 3.09. The summed E-state index contributed by atoms with van der Waals surface area (Å²) in [6, 6.07) is 3.92. The Morgan fingerprint density at radius 3 is 3.07 bits per heavy atom. The van der Waals surface area contributed by atoms with E-state index in [4.69, 9.17) is 4.74 Å². The molecule has 0 aliphatic carbocycles. The van der Waals surface area contributed by atoms with E-state index < -0.39 is 0 Å². The highest BCUT2D eigenvalue weighted by atomic mass is 79.9. The van der Waals surface area contributed by atoms with Crippen LogP contribution in [0.4, 0.5) is 0 Å². The van der Waals surface area contributed by atoms with Gasteiger partial charge in [0.15, 0.2) is 0 Å². The van der Waals surface area contributed by atoms with Gasteiger partial charge in [0.05, 0.1) is 0 Å². The average molecular weight is 275 g/mol. The lowest BCUT2D eigenvalue weighted by molar-refractivity contribution is -0.138. The van der Waals surface area contributed by atoms with Gasteiger partial charge >= 0.3 is 5.97 Å². The minimum absolute atomic E-state index is 0.252. The zero-order valence-corrected chi connectivity index (χ0v) is 10.2. The van der Waals surface area contributed by atoms with Gasteiger partial charge in [-0.15, -0.1) is 11.3 Å². The third-order valence-electron chi connectivity index (χ3n) is 1.53. The minimum Gasteiger partial charge on any atom is -0.461 e. The topological polar surface area (TPSA) is 26.3 Å². The first-order chi connectivity index (χ1) is 6.74. The number of carbonyl (C=O) groups excluding carboxylic acids is 1. The SMILES string of the molecule is C/C(=C/c1cccs1)C(=O)OCCBr. The van der Waals surface area contributed by atoms with Crippen molar-refractivity contribution in [2.75, 3.05) is 11.9 Å². The van der Waals surface area contributed by atoms with Crippen LogP contribution >= 0.6 is 27.3 Å². The Bertz CT molecular complexity index is 317. The molecule has 1 aromatic rings. The number of rotatable bonds is 4. The van der Waals surface area contributed by atoms with Crippen LogP contribution in [-0.2, 0) is 9.53 Å². The van der Waals surface area contributed by atoms with Crippen LogP contribution in [0.3, 0.4) is 0 Å². The molecule has 0 saturated carbocycles. The van der Waals surface area contributed by atoms with E-state index >= 15 is 0 Å². The Morgan fingerprint density at radius 1 is 1.71 bits per heavy atom. The van der Waals surface area contributed by atoms with Gasteiger partial charge in [0.2, 0.25) is 0 Å². The summed E-state index contributed by atoms with van der Waals surface area (Å²) in [6.45, 7) is 2.17. The lowest BCUT2D eigenvalue weighted by Gasteiger charge is -2.01. The minimum atomic E-state index is -0.252. The first-order valence-corrected chi connectivity index (χ1v) is 6.19. The second-order valence-corrected chi connectivity index (χ2v) is 4.44. The van der Waals surface area contributed by atoms with Crippen molar-refractivity contribution in [3.05, 3.63) is 28.0 Å². The molecule has 0 aliphatic heterocycles. The molecule has 0 amide bonds. The van der Waals surface area contributed by atoms with Gasteiger partial charge in [-0.1, -0.05) is 22.0 Å². The lowest BCUT2D eigenvalue weighted by atomic mass is 10.2. The van der Waals surface area contributed by atoms with E-state index in [2.05, 4.69) is 15.9 Å². The molecule has 4 heteroatoms. The van der Waals surface area contributed by atoms with Crippen molar-refractivity contribution in [1.29, 1.82) is 0 Å². The van der Waals surface area contributed by atoms with Gasteiger partial charge in [-0.3, -0.25) is 0 Å². The molecule has 0 bridgehead atoms. The van der Waals surface area contributed by atoms with Crippen LogP contribution in [0.25, 0.3) is 6.08 Å². The number of hydrogen-bond acceptors (Lipinski definition) is 3. The molecule has 1 heterocycles. The first kappa shape index (κ1) is 11.5. The van der Waals surface area contributed by atoms with Crippen LogP contribution in [0.1, 0.15) is 11.8 Å². The summed E-state index contributed by atoms with van der Waals surface area (Å²) in [5.41, 5.74) is 0.633. The fraction of sp³-hybridized carbons (Fsp3) is 0.300. The molecule has 0 N–H and O–H groups in total. The van der Waals surface area contributed by atoms with Gasteiger partial charge in [0, 0.05) is 15.8 Å². The van der Waals surface area contributed by atoms with Crippen molar-refractivity contribution >= 4 is 39.3 Å². The second kappa shape index (κ2) is 5.98. The highest BCUT2D eigenvalue weighted by Crippen LogP contribution is 2.13. The van der Waals surface area contributed by atoms with Crippen LogP contribution in [0.15, 0.2) is 23.1 Å². The molecular weight excluding hydrogens is 264 g/mol. The Hall–Kier alpha value is -0.610. The Morgan fingerprint density at radius 2 is 2.50 bits per heavy atom. The molecule has 0 atom stereocenters. The highest BCUT2D eigenvalue weighted by molar-refractivity contribution is 9.09.